The van der Waals surface area contributed by atoms with Crippen LogP contribution < -0.4 is 15.4 Å². The second kappa shape index (κ2) is 10.1. The first-order valence-corrected chi connectivity index (χ1v) is 9.69. The smallest absolute Gasteiger partial charge is 0.191 e. The standard InChI is InChI=1S/C21H34N6O/c1-8-22-21(23-13-18-15(2)25-27(6)16(18)3)24-14-19(26(4)5)17-11-9-10-12-20(17)28-7/h9-12,19H,8,13-14H2,1-7H3,(H2,22,23,24). The SMILES string of the molecule is CCNC(=NCc1c(C)nn(C)c1C)NCC(c1ccccc1OC)N(C)C. The number of ether oxygens (including phenoxy) is 1. The number of rotatable bonds is 8. The van der Waals surface area contributed by atoms with Gasteiger partial charge in [-0.15, -0.1) is 0 Å². The highest BCUT2D eigenvalue weighted by Gasteiger charge is 2.18. The van der Waals surface area contributed by atoms with Gasteiger partial charge in [-0.25, -0.2) is 4.99 Å². The van der Waals surface area contributed by atoms with Gasteiger partial charge >= 0.3 is 0 Å². The Labute approximate surface area is 168 Å². The highest BCUT2D eigenvalue weighted by atomic mass is 16.5. The molecule has 1 aromatic heterocycles. The van der Waals surface area contributed by atoms with Crippen molar-refractivity contribution < 1.29 is 4.74 Å². The summed E-state index contributed by atoms with van der Waals surface area (Å²) >= 11 is 0. The van der Waals surface area contributed by atoms with Crippen LogP contribution in [-0.2, 0) is 13.6 Å². The topological polar surface area (TPSA) is 66.7 Å². The summed E-state index contributed by atoms with van der Waals surface area (Å²) in [6, 6.07) is 8.30. The monoisotopic (exact) mass is 386 g/mol. The van der Waals surface area contributed by atoms with E-state index in [1.54, 1.807) is 7.11 Å². The van der Waals surface area contributed by atoms with Crippen LogP contribution in [0.25, 0.3) is 0 Å². The number of hydrogen-bond acceptors (Lipinski definition) is 4. The molecule has 0 radical (unpaired) electrons. The fourth-order valence-electron chi connectivity index (χ4n) is 3.25. The zero-order valence-corrected chi connectivity index (χ0v) is 18.2. The van der Waals surface area contributed by atoms with Crippen LogP contribution in [-0.4, -0.2) is 54.9 Å². The van der Waals surface area contributed by atoms with Gasteiger partial charge in [-0.2, -0.15) is 5.10 Å². The first-order valence-electron chi connectivity index (χ1n) is 9.69. The summed E-state index contributed by atoms with van der Waals surface area (Å²) in [5, 5.41) is 11.3. The van der Waals surface area contributed by atoms with E-state index in [-0.39, 0.29) is 6.04 Å². The molecule has 0 fully saturated rings. The van der Waals surface area contributed by atoms with Crippen molar-refractivity contribution in [3.8, 4) is 5.75 Å². The molecule has 0 bridgehead atoms. The average Bonchev–Trinajstić information content (AvgIpc) is 2.91. The second-order valence-corrected chi connectivity index (χ2v) is 7.07. The van der Waals surface area contributed by atoms with Crippen molar-refractivity contribution in [3.63, 3.8) is 0 Å². The Balaban J connectivity index is 2.15. The molecule has 7 heteroatoms. The van der Waals surface area contributed by atoms with Gasteiger partial charge in [0.05, 0.1) is 25.4 Å². The Bertz CT molecular complexity index is 796. The first-order chi connectivity index (χ1) is 13.4. The van der Waals surface area contributed by atoms with Crippen LogP contribution in [0.5, 0.6) is 5.75 Å². The number of nitrogens with zero attached hydrogens (tertiary/aromatic N) is 4. The van der Waals surface area contributed by atoms with Gasteiger partial charge in [-0.05, 0) is 40.9 Å². The summed E-state index contributed by atoms with van der Waals surface area (Å²) in [6.07, 6.45) is 0. The lowest BCUT2D eigenvalue weighted by Gasteiger charge is -2.27. The Morgan fingerprint density at radius 2 is 1.96 bits per heavy atom. The van der Waals surface area contributed by atoms with Gasteiger partial charge in [0.25, 0.3) is 0 Å². The van der Waals surface area contributed by atoms with E-state index in [2.05, 4.69) is 54.6 Å². The molecule has 7 nitrogen and oxygen atoms in total. The normalized spacial score (nSPS) is 12.9. The molecule has 1 aromatic carbocycles. The number of guanidine groups is 1. The molecule has 1 unspecified atom stereocenters. The lowest BCUT2D eigenvalue weighted by Crippen LogP contribution is -2.41. The van der Waals surface area contributed by atoms with Crippen LogP contribution in [0.4, 0.5) is 0 Å². The zero-order valence-electron chi connectivity index (χ0n) is 18.2. The van der Waals surface area contributed by atoms with Crippen molar-refractivity contribution in [1.29, 1.82) is 0 Å². The van der Waals surface area contributed by atoms with Crippen LogP contribution in [0.1, 0.15) is 35.5 Å². The molecule has 0 amide bonds. The molecule has 2 rings (SSSR count). The van der Waals surface area contributed by atoms with E-state index in [0.29, 0.717) is 13.1 Å². The fraction of sp³-hybridized carbons (Fsp3) is 0.524. The van der Waals surface area contributed by atoms with Crippen molar-refractivity contribution >= 4 is 5.96 Å². The molecule has 0 aliphatic rings. The molecule has 28 heavy (non-hydrogen) atoms. The first kappa shape index (κ1) is 21.8. The molecule has 1 heterocycles. The molecule has 2 N–H and O–H groups in total. The number of aryl methyl sites for hydroxylation is 2. The lowest BCUT2D eigenvalue weighted by atomic mass is 10.0. The van der Waals surface area contributed by atoms with E-state index in [4.69, 9.17) is 9.73 Å². The maximum Gasteiger partial charge on any atom is 0.191 e. The number of aliphatic imine (C=N–C) groups is 1. The van der Waals surface area contributed by atoms with Crippen LogP contribution in [0.3, 0.4) is 0 Å². The van der Waals surface area contributed by atoms with E-state index in [1.165, 1.54) is 5.56 Å². The Kier molecular flexibility index (Phi) is 7.87. The summed E-state index contributed by atoms with van der Waals surface area (Å²) in [5.41, 5.74) is 4.50. The number of likely N-dealkylation sites (N-methyl/N-ethyl adjacent to an activating group) is 1. The Hall–Kier alpha value is -2.54. The van der Waals surface area contributed by atoms with Gasteiger partial charge in [0.15, 0.2) is 5.96 Å². The van der Waals surface area contributed by atoms with Crippen molar-refractivity contribution in [3.05, 3.63) is 46.8 Å². The van der Waals surface area contributed by atoms with Crippen LogP contribution in [0.2, 0.25) is 0 Å². The maximum atomic E-state index is 5.56. The molecular weight excluding hydrogens is 352 g/mol. The van der Waals surface area contributed by atoms with Crippen LogP contribution in [0, 0.1) is 13.8 Å². The summed E-state index contributed by atoms with van der Waals surface area (Å²) in [5.74, 6) is 1.69. The summed E-state index contributed by atoms with van der Waals surface area (Å²) in [6.45, 7) is 8.29. The third kappa shape index (κ3) is 5.25. The zero-order chi connectivity index (χ0) is 20.7. The predicted molar refractivity (Wildman–Crippen MR) is 115 cm³/mol. The molecule has 154 valence electrons. The van der Waals surface area contributed by atoms with Crippen LogP contribution >= 0.6 is 0 Å². The number of hydrogen-bond donors (Lipinski definition) is 2. The van der Waals surface area contributed by atoms with Crippen molar-refractivity contribution in [2.75, 3.05) is 34.3 Å². The van der Waals surface area contributed by atoms with Gasteiger partial charge in [-0.3, -0.25) is 4.68 Å². The largest absolute Gasteiger partial charge is 0.496 e. The highest BCUT2D eigenvalue weighted by Crippen LogP contribution is 2.27. The second-order valence-electron chi connectivity index (χ2n) is 7.07. The summed E-state index contributed by atoms with van der Waals surface area (Å²) in [7, 11) is 7.83. The number of aromatic nitrogens is 2. The van der Waals surface area contributed by atoms with E-state index >= 15 is 0 Å². The molecule has 0 saturated heterocycles. The maximum absolute atomic E-state index is 5.56. The van der Waals surface area contributed by atoms with Crippen molar-refractivity contribution in [2.45, 2.75) is 33.4 Å². The summed E-state index contributed by atoms with van der Waals surface area (Å²) < 4.78 is 7.46. The predicted octanol–water partition coefficient (Wildman–Crippen LogP) is 2.40. The molecule has 0 aliphatic carbocycles. The van der Waals surface area contributed by atoms with E-state index < -0.39 is 0 Å². The lowest BCUT2D eigenvalue weighted by molar-refractivity contribution is 0.287. The van der Waals surface area contributed by atoms with Gasteiger partial charge in [-0.1, -0.05) is 18.2 Å². The quantitative estimate of drug-likeness (QED) is 0.539. The molecule has 2 aromatic rings. The number of para-hydroxylation sites is 1. The average molecular weight is 387 g/mol. The molecule has 0 saturated carbocycles. The molecule has 1 atom stereocenters. The Morgan fingerprint density at radius 1 is 1.25 bits per heavy atom. The molecular formula is C21H34N6O. The van der Waals surface area contributed by atoms with Gasteiger partial charge in [0, 0.05) is 37.0 Å². The third-order valence-electron chi connectivity index (χ3n) is 4.98. The third-order valence-corrected chi connectivity index (χ3v) is 4.98. The van der Waals surface area contributed by atoms with Gasteiger partial charge < -0.3 is 20.3 Å². The molecule has 0 aliphatic heterocycles. The fourth-order valence-corrected chi connectivity index (χ4v) is 3.25. The minimum atomic E-state index is 0.155. The number of nitrogens with one attached hydrogen (secondary N) is 2. The van der Waals surface area contributed by atoms with E-state index in [9.17, 15) is 0 Å². The van der Waals surface area contributed by atoms with Crippen molar-refractivity contribution in [1.82, 2.24) is 25.3 Å². The minimum Gasteiger partial charge on any atom is -0.496 e. The number of methoxy groups -OCH3 is 1. The van der Waals surface area contributed by atoms with Gasteiger partial charge in [0.1, 0.15) is 5.75 Å². The van der Waals surface area contributed by atoms with E-state index in [0.717, 1.165) is 35.2 Å². The van der Waals surface area contributed by atoms with Crippen molar-refractivity contribution in [2.24, 2.45) is 12.0 Å². The molecule has 0 spiro atoms. The van der Waals surface area contributed by atoms with Crippen LogP contribution in [0.15, 0.2) is 29.3 Å². The minimum absolute atomic E-state index is 0.155. The summed E-state index contributed by atoms with van der Waals surface area (Å²) in [4.78, 5) is 6.96. The van der Waals surface area contributed by atoms with E-state index in [1.807, 2.05) is 36.9 Å². The Morgan fingerprint density at radius 3 is 2.54 bits per heavy atom. The number of benzene rings is 1. The highest BCUT2D eigenvalue weighted by molar-refractivity contribution is 5.79. The van der Waals surface area contributed by atoms with Gasteiger partial charge in [0.2, 0.25) is 0 Å².